The molecule has 1 atom stereocenters. The second kappa shape index (κ2) is 13.2. The number of amides is 1. The molecule has 1 saturated carbocycles. The van der Waals surface area contributed by atoms with Crippen molar-refractivity contribution in [3.8, 4) is 5.75 Å². The van der Waals surface area contributed by atoms with E-state index in [4.69, 9.17) is 9.47 Å². The molecule has 1 aliphatic rings. The summed E-state index contributed by atoms with van der Waals surface area (Å²) in [6.45, 7) is 7.86. The fourth-order valence-electron chi connectivity index (χ4n) is 4.02. The fourth-order valence-corrected chi connectivity index (χ4v) is 4.02. The second-order valence-electron chi connectivity index (χ2n) is 9.40. The van der Waals surface area contributed by atoms with Crippen LogP contribution >= 0.6 is 0 Å². The van der Waals surface area contributed by atoms with Gasteiger partial charge in [0.2, 0.25) is 5.91 Å². The van der Waals surface area contributed by atoms with Crippen molar-refractivity contribution >= 4 is 28.3 Å². The first-order chi connectivity index (χ1) is 18.1. The Labute approximate surface area is 219 Å². The lowest BCUT2D eigenvalue weighted by molar-refractivity contribution is -0.111. The van der Waals surface area contributed by atoms with Crippen LogP contribution in [0.1, 0.15) is 38.3 Å². The van der Waals surface area contributed by atoms with E-state index in [0.29, 0.717) is 42.9 Å². The van der Waals surface area contributed by atoms with Gasteiger partial charge in [0.15, 0.2) is 0 Å². The van der Waals surface area contributed by atoms with Gasteiger partial charge in [0.05, 0.1) is 24.4 Å². The number of likely N-dealkylation sites (N-methyl/N-ethyl adjacent to an activating group) is 1. The molecule has 0 spiro atoms. The average molecular weight is 504 g/mol. The van der Waals surface area contributed by atoms with Gasteiger partial charge in [-0.25, -0.2) is 9.97 Å². The Morgan fingerprint density at radius 1 is 1.22 bits per heavy atom. The molecule has 196 valence electrons. The molecule has 1 amide bonds. The quantitative estimate of drug-likeness (QED) is 0.298. The molecule has 2 N–H and O–H groups in total. The lowest BCUT2D eigenvalue weighted by Crippen LogP contribution is -2.27. The Morgan fingerprint density at radius 2 is 2.03 bits per heavy atom. The molecule has 1 fully saturated rings. The van der Waals surface area contributed by atoms with Crippen LogP contribution in [-0.2, 0) is 9.53 Å². The highest BCUT2D eigenvalue weighted by Gasteiger charge is 2.23. The van der Waals surface area contributed by atoms with Crippen LogP contribution in [-0.4, -0.2) is 60.7 Å². The molecule has 4 rings (SSSR count). The van der Waals surface area contributed by atoms with E-state index in [1.807, 2.05) is 36.4 Å². The first-order valence-corrected chi connectivity index (χ1v) is 13.0. The Bertz CT molecular complexity index is 1200. The topological polar surface area (TPSA) is 88.6 Å². The van der Waals surface area contributed by atoms with E-state index in [0.717, 1.165) is 29.6 Å². The van der Waals surface area contributed by atoms with Crippen LogP contribution in [0.4, 0.5) is 11.5 Å². The van der Waals surface area contributed by atoms with E-state index in [1.54, 1.807) is 19.5 Å². The number of fused-ring (bicyclic) bond motifs is 1. The molecule has 0 bridgehead atoms. The molecule has 1 aliphatic carbocycles. The van der Waals surface area contributed by atoms with Crippen molar-refractivity contribution in [2.75, 3.05) is 50.6 Å². The number of aromatic nitrogens is 2. The molecular formula is C29H37N5O3. The second-order valence-corrected chi connectivity index (χ2v) is 9.40. The lowest BCUT2D eigenvalue weighted by Gasteiger charge is -2.18. The van der Waals surface area contributed by atoms with E-state index in [1.165, 1.54) is 12.8 Å². The number of hydrogen-bond acceptors (Lipinski definition) is 7. The summed E-state index contributed by atoms with van der Waals surface area (Å²) >= 11 is 0. The molecule has 8 heteroatoms. The van der Waals surface area contributed by atoms with Gasteiger partial charge in [0.25, 0.3) is 0 Å². The molecule has 0 aliphatic heterocycles. The molecule has 8 nitrogen and oxygen atoms in total. The van der Waals surface area contributed by atoms with Crippen molar-refractivity contribution in [1.82, 2.24) is 14.9 Å². The molecule has 0 saturated heterocycles. The molecule has 3 aromatic rings. The smallest absolute Gasteiger partial charge is 0.248 e. The Hall–Kier alpha value is -3.49. The largest absolute Gasteiger partial charge is 0.491 e. The van der Waals surface area contributed by atoms with Crippen LogP contribution < -0.4 is 15.4 Å². The number of carbonyl (C=O) groups excluding carboxylic acids is 1. The zero-order valence-electron chi connectivity index (χ0n) is 21.9. The van der Waals surface area contributed by atoms with E-state index in [-0.39, 0.29) is 11.9 Å². The zero-order chi connectivity index (χ0) is 26.0. The van der Waals surface area contributed by atoms with Gasteiger partial charge in [-0.2, -0.15) is 0 Å². The third kappa shape index (κ3) is 7.74. The summed E-state index contributed by atoms with van der Waals surface area (Å²) < 4.78 is 11.3. The van der Waals surface area contributed by atoms with Crippen LogP contribution in [0.25, 0.3) is 10.9 Å². The SMILES string of the molecule is CCN(CC=CC(=O)Nc1cc2c(NC(C)c3ccccc3)ncnc2cc1OCC1CC1)CCOC. The number of anilines is 2. The highest BCUT2D eigenvalue weighted by Crippen LogP contribution is 2.36. The van der Waals surface area contributed by atoms with Crippen molar-refractivity contribution in [2.24, 2.45) is 5.92 Å². The van der Waals surface area contributed by atoms with Crippen LogP contribution in [0.3, 0.4) is 0 Å². The summed E-state index contributed by atoms with van der Waals surface area (Å²) in [7, 11) is 1.69. The minimum atomic E-state index is -0.206. The number of benzene rings is 2. The van der Waals surface area contributed by atoms with Gasteiger partial charge in [-0.3, -0.25) is 9.69 Å². The number of ether oxygens (including phenoxy) is 2. The third-order valence-corrected chi connectivity index (χ3v) is 6.51. The number of carbonyl (C=O) groups is 1. The average Bonchev–Trinajstić information content (AvgIpc) is 3.75. The maximum absolute atomic E-state index is 12.8. The summed E-state index contributed by atoms with van der Waals surface area (Å²) in [6.07, 6.45) is 7.36. The van der Waals surface area contributed by atoms with E-state index < -0.39 is 0 Å². The van der Waals surface area contributed by atoms with Crippen LogP contribution in [0.2, 0.25) is 0 Å². The predicted molar refractivity (Wildman–Crippen MR) is 148 cm³/mol. The van der Waals surface area contributed by atoms with Crippen molar-refractivity contribution in [3.63, 3.8) is 0 Å². The maximum atomic E-state index is 12.8. The van der Waals surface area contributed by atoms with Crippen LogP contribution in [0.5, 0.6) is 5.75 Å². The zero-order valence-corrected chi connectivity index (χ0v) is 21.9. The summed E-state index contributed by atoms with van der Waals surface area (Å²) in [5, 5.41) is 7.33. The number of nitrogens with one attached hydrogen (secondary N) is 2. The summed E-state index contributed by atoms with van der Waals surface area (Å²) in [5.74, 6) is 1.71. The number of nitrogens with zero attached hydrogens (tertiary/aromatic N) is 3. The number of hydrogen-bond donors (Lipinski definition) is 2. The van der Waals surface area contributed by atoms with Gasteiger partial charge >= 0.3 is 0 Å². The van der Waals surface area contributed by atoms with Gasteiger partial charge < -0.3 is 20.1 Å². The van der Waals surface area contributed by atoms with Gasteiger partial charge in [0, 0.05) is 43.8 Å². The normalized spacial score (nSPS) is 14.3. The lowest BCUT2D eigenvalue weighted by atomic mass is 10.1. The first-order valence-electron chi connectivity index (χ1n) is 13.0. The molecule has 2 aromatic carbocycles. The first kappa shape index (κ1) is 26.6. The van der Waals surface area contributed by atoms with E-state index in [2.05, 4.69) is 51.5 Å². The summed E-state index contributed by atoms with van der Waals surface area (Å²) in [5.41, 5.74) is 2.53. The maximum Gasteiger partial charge on any atom is 0.248 e. The molecule has 0 radical (unpaired) electrons. The van der Waals surface area contributed by atoms with Crippen LogP contribution in [0, 0.1) is 5.92 Å². The van der Waals surface area contributed by atoms with Crippen LogP contribution in [0.15, 0.2) is 60.9 Å². The molecule has 37 heavy (non-hydrogen) atoms. The number of methoxy groups -OCH3 is 1. The van der Waals surface area contributed by atoms with Gasteiger partial charge in [-0.15, -0.1) is 0 Å². The minimum Gasteiger partial charge on any atom is -0.491 e. The summed E-state index contributed by atoms with van der Waals surface area (Å²) in [6, 6.07) is 14.0. The molecule has 1 heterocycles. The van der Waals surface area contributed by atoms with Gasteiger partial charge in [0.1, 0.15) is 17.9 Å². The van der Waals surface area contributed by atoms with Crippen molar-refractivity contribution < 1.29 is 14.3 Å². The number of rotatable bonds is 14. The predicted octanol–water partition coefficient (Wildman–Crippen LogP) is 5.05. The fraction of sp³-hybridized carbons (Fsp3) is 0.414. The summed E-state index contributed by atoms with van der Waals surface area (Å²) in [4.78, 5) is 24.0. The van der Waals surface area contributed by atoms with Gasteiger partial charge in [-0.1, -0.05) is 43.3 Å². The highest BCUT2D eigenvalue weighted by molar-refractivity contribution is 6.03. The standard InChI is InChI=1S/C29H37N5O3/c1-4-34(15-16-36-3)14-8-11-28(35)33-26-17-24-25(18-27(26)37-19-22-12-13-22)30-20-31-29(24)32-21(2)23-9-6-5-7-10-23/h5-11,17-18,20-22H,4,12-16,19H2,1-3H3,(H,33,35)(H,30,31,32). The van der Waals surface area contributed by atoms with E-state index in [9.17, 15) is 4.79 Å². The van der Waals surface area contributed by atoms with E-state index >= 15 is 0 Å². The third-order valence-electron chi connectivity index (χ3n) is 6.51. The molecular weight excluding hydrogens is 466 g/mol. The van der Waals surface area contributed by atoms with Crippen molar-refractivity contribution in [1.29, 1.82) is 0 Å². The Balaban J connectivity index is 1.54. The molecule has 1 unspecified atom stereocenters. The van der Waals surface area contributed by atoms with Gasteiger partial charge in [-0.05, 0) is 43.9 Å². The Morgan fingerprint density at radius 3 is 2.76 bits per heavy atom. The van der Waals surface area contributed by atoms with Crippen molar-refractivity contribution in [2.45, 2.75) is 32.7 Å². The monoisotopic (exact) mass is 503 g/mol. The highest BCUT2D eigenvalue weighted by atomic mass is 16.5. The molecule has 1 aromatic heterocycles. The minimum absolute atomic E-state index is 0.0469. The van der Waals surface area contributed by atoms with Crippen molar-refractivity contribution in [3.05, 3.63) is 66.5 Å². The Kier molecular flexibility index (Phi) is 9.46.